The van der Waals surface area contributed by atoms with Crippen molar-refractivity contribution in [3.05, 3.63) is 83.9 Å². The van der Waals surface area contributed by atoms with E-state index in [4.69, 9.17) is 19.7 Å². The molecule has 0 spiro atoms. The number of carboxylic acids is 2. The van der Waals surface area contributed by atoms with Gasteiger partial charge in [0.2, 0.25) is 0 Å². The van der Waals surface area contributed by atoms with E-state index in [9.17, 15) is 19.2 Å². The number of benzene rings is 3. The molecule has 34 heavy (non-hydrogen) atoms. The van der Waals surface area contributed by atoms with Gasteiger partial charge in [0.25, 0.3) is 11.8 Å². The smallest absolute Gasteiger partial charge is 0.341 e. The zero-order valence-electron chi connectivity index (χ0n) is 17.7. The first-order valence-corrected chi connectivity index (χ1v) is 9.93. The van der Waals surface area contributed by atoms with Crippen molar-refractivity contribution in [2.24, 2.45) is 0 Å². The van der Waals surface area contributed by atoms with Crippen LogP contribution >= 0.6 is 0 Å². The highest BCUT2D eigenvalue weighted by molar-refractivity contribution is 6.15. The van der Waals surface area contributed by atoms with Gasteiger partial charge in [-0.05, 0) is 36.4 Å². The summed E-state index contributed by atoms with van der Waals surface area (Å²) in [6.07, 6.45) is 0. The molecule has 0 radical (unpaired) electrons. The third kappa shape index (κ3) is 6.82. The molecule has 2 amide bonds. The second-order valence-electron chi connectivity index (χ2n) is 6.87. The van der Waals surface area contributed by atoms with Crippen LogP contribution in [0.4, 0.5) is 11.4 Å². The molecule has 0 aliphatic carbocycles. The van der Waals surface area contributed by atoms with Gasteiger partial charge in [-0.2, -0.15) is 0 Å². The van der Waals surface area contributed by atoms with E-state index in [0.29, 0.717) is 11.4 Å². The predicted molar refractivity (Wildman–Crippen MR) is 121 cm³/mol. The number of rotatable bonds is 10. The fourth-order valence-electron chi connectivity index (χ4n) is 2.89. The molecule has 0 unspecified atom stereocenters. The quantitative estimate of drug-likeness (QED) is 0.357. The van der Waals surface area contributed by atoms with Gasteiger partial charge in [-0.1, -0.05) is 24.3 Å². The predicted octanol–water partition coefficient (Wildman–Crippen LogP) is 3.12. The Kier molecular flexibility index (Phi) is 7.79. The molecule has 0 aliphatic heterocycles. The molecule has 0 bridgehead atoms. The minimum absolute atomic E-state index is 0.107. The molecule has 3 rings (SSSR count). The maximum atomic E-state index is 12.9. The number of nitrogens with one attached hydrogen (secondary N) is 2. The zero-order chi connectivity index (χ0) is 24.5. The van der Waals surface area contributed by atoms with Gasteiger partial charge in [0, 0.05) is 23.5 Å². The third-order valence-electron chi connectivity index (χ3n) is 4.32. The fourth-order valence-corrected chi connectivity index (χ4v) is 2.89. The Morgan fingerprint density at radius 1 is 0.618 bits per heavy atom. The zero-order valence-corrected chi connectivity index (χ0v) is 17.7. The Hall–Kier alpha value is -4.86. The number of carbonyl (C=O) groups excluding carboxylic acids is 2. The summed E-state index contributed by atoms with van der Waals surface area (Å²) in [5.41, 5.74) is 0.919. The number of hydrogen-bond acceptors (Lipinski definition) is 6. The largest absolute Gasteiger partial charge is 0.482 e. The standard InChI is InChI=1S/C24H20N2O8/c27-21(28)13-33-17-7-3-5-15(11-17)25-23(31)19-9-1-2-10-20(19)24(32)26-16-6-4-8-18(12-16)34-14-22(29)30/h1-12H,13-14H2,(H,25,31)(H,26,32)(H,27,28)(H,29,30). The molecule has 0 aliphatic rings. The number of ether oxygens (including phenoxy) is 2. The van der Waals surface area contributed by atoms with Gasteiger partial charge in [-0.3, -0.25) is 9.59 Å². The highest BCUT2D eigenvalue weighted by Crippen LogP contribution is 2.21. The first-order chi connectivity index (χ1) is 16.3. The van der Waals surface area contributed by atoms with Crippen LogP contribution in [0.5, 0.6) is 11.5 Å². The van der Waals surface area contributed by atoms with E-state index in [1.165, 1.54) is 24.3 Å². The second-order valence-corrected chi connectivity index (χ2v) is 6.87. The lowest BCUT2D eigenvalue weighted by Crippen LogP contribution is -2.20. The summed E-state index contributed by atoms with van der Waals surface area (Å²) in [5, 5.41) is 22.8. The minimum atomic E-state index is -1.13. The van der Waals surface area contributed by atoms with Gasteiger partial charge in [-0.15, -0.1) is 0 Å². The van der Waals surface area contributed by atoms with Crippen molar-refractivity contribution in [2.45, 2.75) is 0 Å². The van der Waals surface area contributed by atoms with Crippen LogP contribution in [0.3, 0.4) is 0 Å². The molecule has 0 aromatic heterocycles. The molecular weight excluding hydrogens is 444 g/mol. The summed E-state index contributed by atoms with van der Waals surface area (Å²) in [7, 11) is 0. The highest BCUT2D eigenvalue weighted by Gasteiger charge is 2.17. The molecule has 3 aromatic carbocycles. The number of hydrogen-bond donors (Lipinski definition) is 4. The van der Waals surface area contributed by atoms with Gasteiger partial charge in [-0.25, -0.2) is 9.59 Å². The SMILES string of the molecule is O=C(O)COc1cccc(NC(=O)c2ccccc2C(=O)Nc2cccc(OCC(=O)O)c2)c1. The Labute approximate surface area is 193 Å². The molecule has 0 saturated carbocycles. The molecule has 0 atom stereocenters. The average molecular weight is 464 g/mol. The first kappa shape index (κ1) is 23.8. The Bertz CT molecular complexity index is 1130. The lowest BCUT2D eigenvalue weighted by atomic mass is 10.1. The van der Waals surface area contributed by atoms with E-state index in [1.807, 2.05) is 0 Å². The Morgan fingerprint density at radius 3 is 1.41 bits per heavy atom. The number of carbonyl (C=O) groups is 4. The van der Waals surface area contributed by atoms with Crippen LogP contribution in [0.15, 0.2) is 72.8 Å². The number of anilines is 2. The van der Waals surface area contributed by atoms with Crippen molar-refractivity contribution in [1.82, 2.24) is 0 Å². The van der Waals surface area contributed by atoms with Crippen molar-refractivity contribution in [3.8, 4) is 11.5 Å². The number of amides is 2. The molecule has 174 valence electrons. The molecule has 10 heteroatoms. The number of aliphatic carboxylic acids is 2. The molecule has 10 nitrogen and oxygen atoms in total. The van der Waals surface area contributed by atoms with Crippen molar-refractivity contribution in [1.29, 1.82) is 0 Å². The van der Waals surface area contributed by atoms with E-state index >= 15 is 0 Å². The van der Waals surface area contributed by atoms with E-state index < -0.39 is 37.0 Å². The summed E-state index contributed by atoms with van der Waals surface area (Å²) < 4.78 is 10.2. The van der Waals surface area contributed by atoms with Gasteiger partial charge in [0.05, 0.1) is 11.1 Å². The van der Waals surface area contributed by atoms with Crippen LogP contribution in [0.25, 0.3) is 0 Å². The summed E-state index contributed by atoms with van der Waals surface area (Å²) in [6.45, 7) is -1.05. The van der Waals surface area contributed by atoms with Crippen LogP contribution < -0.4 is 20.1 Å². The summed E-state index contributed by atoms with van der Waals surface area (Å²) in [4.78, 5) is 47.1. The number of carboxylic acid groups (broad SMARTS) is 2. The fraction of sp³-hybridized carbons (Fsp3) is 0.0833. The van der Waals surface area contributed by atoms with Gasteiger partial charge < -0.3 is 30.3 Å². The van der Waals surface area contributed by atoms with Crippen LogP contribution in [0, 0.1) is 0 Å². The van der Waals surface area contributed by atoms with Crippen LogP contribution in [-0.2, 0) is 9.59 Å². The Morgan fingerprint density at radius 2 is 1.03 bits per heavy atom. The maximum Gasteiger partial charge on any atom is 0.341 e. The van der Waals surface area contributed by atoms with Gasteiger partial charge in [0.15, 0.2) is 13.2 Å². The van der Waals surface area contributed by atoms with E-state index in [-0.39, 0.29) is 22.6 Å². The van der Waals surface area contributed by atoms with Crippen LogP contribution in [0.2, 0.25) is 0 Å². The second kappa shape index (κ2) is 11.1. The average Bonchev–Trinajstić information content (AvgIpc) is 2.82. The van der Waals surface area contributed by atoms with E-state index in [1.54, 1.807) is 48.5 Å². The topological polar surface area (TPSA) is 151 Å². The minimum Gasteiger partial charge on any atom is -0.482 e. The van der Waals surface area contributed by atoms with E-state index in [0.717, 1.165) is 0 Å². The Balaban J connectivity index is 1.73. The molecule has 3 aromatic rings. The maximum absolute atomic E-state index is 12.9. The van der Waals surface area contributed by atoms with Crippen molar-refractivity contribution < 1.29 is 38.9 Å². The van der Waals surface area contributed by atoms with Gasteiger partial charge in [0.1, 0.15) is 11.5 Å². The highest BCUT2D eigenvalue weighted by atomic mass is 16.5. The monoisotopic (exact) mass is 464 g/mol. The third-order valence-corrected chi connectivity index (χ3v) is 4.32. The van der Waals surface area contributed by atoms with Crippen LogP contribution in [-0.4, -0.2) is 47.2 Å². The molecule has 0 saturated heterocycles. The molecular formula is C24H20N2O8. The molecule has 0 fully saturated rings. The van der Waals surface area contributed by atoms with Crippen molar-refractivity contribution in [3.63, 3.8) is 0 Å². The summed E-state index contributed by atoms with van der Waals surface area (Å²) in [6, 6.07) is 18.6. The summed E-state index contributed by atoms with van der Waals surface area (Å²) in [5.74, 6) is -2.85. The molecule has 4 N–H and O–H groups in total. The normalized spacial score (nSPS) is 10.1. The van der Waals surface area contributed by atoms with Crippen molar-refractivity contribution in [2.75, 3.05) is 23.8 Å². The molecule has 0 heterocycles. The summed E-state index contributed by atoms with van der Waals surface area (Å²) >= 11 is 0. The van der Waals surface area contributed by atoms with Gasteiger partial charge >= 0.3 is 11.9 Å². The van der Waals surface area contributed by atoms with Crippen LogP contribution in [0.1, 0.15) is 20.7 Å². The first-order valence-electron chi connectivity index (χ1n) is 9.93. The van der Waals surface area contributed by atoms with Crippen molar-refractivity contribution >= 4 is 35.1 Å². The lowest BCUT2D eigenvalue weighted by Gasteiger charge is -2.12. The van der Waals surface area contributed by atoms with E-state index in [2.05, 4.69) is 10.6 Å². The lowest BCUT2D eigenvalue weighted by molar-refractivity contribution is -0.140.